The van der Waals surface area contributed by atoms with Crippen molar-refractivity contribution in [1.82, 2.24) is 14.8 Å². The van der Waals surface area contributed by atoms with Crippen molar-refractivity contribution in [3.8, 4) is 5.75 Å². The van der Waals surface area contributed by atoms with E-state index in [2.05, 4.69) is 16.8 Å². The van der Waals surface area contributed by atoms with E-state index >= 15 is 0 Å². The van der Waals surface area contributed by atoms with Crippen molar-refractivity contribution in [2.24, 2.45) is 0 Å². The number of hydrogen-bond acceptors (Lipinski definition) is 5. The van der Waals surface area contributed by atoms with E-state index in [9.17, 15) is 9.18 Å². The summed E-state index contributed by atoms with van der Waals surface area (Å²) in [5.74, 6) is 0.761. The van der Waals surface area contributed by atoms with Crippen molar-refractivity contribution >= 4 is 29.1 Å². The molecule has 0 aliphatic heterocycles. The van der Waals surface area contributed by atoms with Crippen molar-refractivity contribution in [1.29, 1.82) is 0 Å². The summed E-state index contributed by atoms with van der Waals surface area (Å²) in [4.78, 5) is 12.7. The summed E-state index contributed by atoms with van der Waals surface area (Å²) < 4.78 is 20.5. The van der Waals surface area contributed by atoms with Gasteiger partial charge in [0, 0.05) is 17.1 Å². The molecule has 5 nitrogen and oxygen atoms in total. The monoisotopic (exact) mass is 431 g/mol. The quantitative estimate of drug-likeness (QED) is 0.265. The molecule has 8 heteroatoms. The highest BCUT2D eigenvalue weighted by atomic mass is 35.5. The number of carbonyl (C=O) groups is 1. The number of nitrogens with zero attached hydrogens (tertiary/aromatic N) is 3. The lowest BCUT2D eigenvalue weighted by atomic mass is 10.1. The number of rotatable bonds is 9. The summed E-state index contributed by atoms with van der Waals surface area (Å²) in [6.45, 7) is 6.22. The van der Waals surface area contributed by atoms with E-state index in [-0.39, 0.29) is 23.5 Å². The van der Waals surface area contributed by atoms with Crippen LogP contribution in [0.15, 0.2) is 66.3 Å². The maximum Gasteiger partial charge on any atom is 0.192 e. The van der Waals surface area contributed by atoms with Crippen molar-refractivity contribution in [3.63, 3.8) is 0 Å². The molecule has 0 bridgehead atoms. The van der Waals surface area contributed by atoms with Crippen LogP contribution >= 0.6 is 23.4 Å². The fourth-order valence-electron chi connectivity index (χ4n) is 2.56. The van der Waals surface area contributed by atoms with Crippen molar-refractivity contribution in [2.75, 3.05) is 0 Å². The van der Waals surface area contributed by atoms with E-state index in [1.807, 2.05) is 11.5 Å². The number of Topliss-reactive ketones (excluding diaryl/α,β-unsaturated/α-hetero) is 1. The minimum atomic E-state index is -0.366. The smallest absolute Gasteiger partial charge is 0.192 e. The molecule has 0 N–H and O–H groups in total. The molecule has 0 saturated heterocycles. The lowest BCUT2D eigenvalue weighted by Crippen LogP contribution is -2.15. The van der Waals surface area contributed by atoms with Crippen LogP contribution in [0.2, 0.25) is 5.02 Å². The molecule has 0 unspecified atom stereocenters. The van der Waals surface area contributed by atoms with Gasteiger partial charge in [-0.1, -0.05) is 29.4 Å². The van der Waals surface area contributed by atoms with Crippen molar-refractivity contribution in [2.45, 2.75) is 30.5 Å². The Bertz CT molecular complexity index is 990. The summed E-state index contributed by atoms with van der Waals surface area (Å²) in [7, 11) is 0. The van der Waals surface area contributed by atoms with E-state index in [4.69, 9.17) is 16.3 Å². The summed E-state index contributed by atoms with van der Waals surface area (Å²) in [5, 5.41) is 9.20. The number of thioether (sulfide) groups is 1. The van der Waals surface area contributed by atoms with Gasteiger partial charge in [-0.05, 0) is 55.5 Å². The van der Waals surface area contributed by atoms with Crippen molar-refractivity contribution < 1.29 is 13.9 Å². The van der Waals surface area contributed by atoms with Gasteiger partial charge >= 0.3 is 0 Å². The number of ketones is 1. The van der Waals surface area contributed by atoms with Crippen molar-refractivity contribution in [3.05, 3.63) is 83.4 Å². The van der Waals surface area contributed by atoms with Gasteiger partial charge in [-0.2, -0.15) is 0 Å². The molecule has 2 aromatic carbocycles. The van der Waals surface area contributed by atoms with Crippen LogP contribution in [-0.2, 0) is 13.2 Å². The zero-order valence-electron chi connectivity index (χ0n) is 15.7. The summed E-state index contributed by atoms with van der Waals surface area (Å²) in [5.41, 5.74) is 0.587. The van der Waals surface area contributed by atoms with Crippen LogP contribution < -0.4 is 4.74 Å². The first-order chi connectivity index (χ1) is 14.0. The first-order valence-corrected chi connectivity index (χ1v) is 10.1. The van der Waals surface area contributed by atoms with Crippen LogP contribution in [0.5, 0.6) is 5.75 Å². The molecule has 0 fully saturated rings. The zero-order valence-corrected chi connectivity index (χ0v) is 17.3. The lowest BCUT2D eigenvalue weighted by Gasteiger charge is -2.12. The minimum absolute atomic E-state index is 0.0241. The number of ether oxygens (including phenoxy) is 1. The Morgan fingerprint density at radius 2 is 1.93 bits per heavy atom. The Morgan fingerprint density at radius 1 is 1.24 bits per heavy atom. The molecular weight excluding hydrogens is 413 g/mol. The van der Waals surface area contributed by atoms with E-state index < -0.39 is 0 Å². The SMILES string of the molecule is C=CCn1c(COc2ccc(F)cc2)nnc1S[C@H](C)C(=O)c1ccc(Cl)cc1. The molecule has 0 saturated carbocycles. The first kappa shape index (κ1) is 21.1. The van der Waals surface area contributed by atoms with Crippen LogP contribution in [0.1, 0.15) is 23.1 Å². The topological polar surface area (TPSA) is 57.0 Å². The number of benzene rings is 2. The molecule has 0 amide bonds. The Morgan fingerprint density at radius 3 is 2.59 bits per heavy atom. The largest absolute Gasteiger partial charge is 0.486 e. The number of carbonyl (C=O) groups excluding carboxylic acids is 1. The number of aromatic nitrogens is 3. The molecule has 0 radical (unpaired) electrons. The van der Waals surface area contributed by atoms with Crippen LogP contribution in [0, 0.1) is 5.82 Å². The molecule has 1 atom stereocenters. The highest BCUT2D eigenvalue weighted by molar-refractivity contribution is 8.00. The molecule has 1 aromatic heterocycles. The lowest BCUT2D eigenvalue weighted by molar-refractivity contribution is 0.0994. The third kappa shape index (κ3) is 5.46. The first-order valence-electron chi connectivity index (χ1n) is 8.85. The molecule has 3 aromatic rings. The molecule has 29 heavy (non-hydrogen) atoms. The van der Waals surface area contributed by atoms with Gasteiger partial charge in [-0.25, -0.2) is 4.39 Å². The second kappa shape index (κ2) is 9.71. The number of halogens is 2. The van der Waals surface area contributed by atoms with Gasteiger partial charge in [-0.15, -0.1) is 16.8 Å². The van der Waals surface area contributed by atoms with Crippen LogP contribution in [0.25, 0.3) is 0 Å². The zero-order chi connectivity index (χ0) is 20.8. The van der Waals surface area contributed by atoms with E-state index in [0.717, 1.165) is 0 Å². The standard InChI is InChI=1S/C21H19ClFN3O2S/c1-3-12-26-19(13-28-18-10-8-17(23)9-11-18)24-25-21(26)29-14(2)20(27)15-4-6-16(22)7-5-15/h3-11,14H,1,12-13H2,2H3/t14-/m1/s1. The van der Waals surface area contributed by atoms with Gasteiger partial charge in [0.25, 0.3) is 0 Å². The fraction of sp³-hybridized carbons (Fsp3) is 0.190. The van der Waals surface area contributed by atoms with E-state index in [1.54, 1.807) is 42.5 Å². The van der Waals surface area contributed by atoms with Gasteiger partial charge < -0.3 is 4.74 Å². The Balaban J connectivity index is 1.71. The van der Waals surface area contributed by atoms with Gasteiger partial charge in [0.05, 0.1) is 5.25 Å². The van der Waals surface area contributed by atoms with E-state index in [1.165, 1.54) is 23.9 Å². The molecule has 1 heterocycles. The third-order valence-electron chi connectivity index (χ3n) is 4.07. The summed E-state index contributed by atoms with van der Waals surface area (Å²) in [6.07, 6.45) is 1.72. The van der Waals surface area contributed by atoms with Crippen LogP contribution in [-0.4, -0.2) is 25.8 Å². The third-order valence-corrected chi connectivity index (χ3v) is 5.40. The number of hydrogen-bond donors (Lipinski definition) is 0. The van der Waals surface area contributed by atoms with Gasteiger partial charge in [0.2, 0.25) is 0 Å². The summed E-state index contributed by atoms with van der Waals surface area (Å²) in [6, 6.07) is 12.5. The molecule has 0 spiro atoms. The van der Waals surface area contributed by atoms with Gasteiger partial charge in [-0.3, -0.25) is 9.36 Å². The molecule has 150 valence electrons. The van der Waals surface area contributed by atoms with E-state index in [0.29, 0.717) is 33.9 Å². The van der Waals surface area contributed by atoms with Crippen LogP contribution in [0.4, 0.5) is 4.39 Å². The molecule has 0 aliphatic rings. The predicted octanol–water partition coefficient (Wildman–Crippen LogP) is 5.20. The molecule has 3 rings (SSSR count). The average molecular weight is 432 g/mol. The predicted molar refractivity (Wildman–Crippen MR) is 112 cm³/mol. The average Bonchev–Trinajstić information content (AvgIpc) is 3.09. The van der Waals surface area contributed by atoms with Gasteiger partial charge in [0.15, 0.2) is 16.8 Å². The molecular formula is C21H19ClFN3O2S. The second-order valence-electron chi connectivity index (χ2n) is 6.17. The maximum atomic E-state index is 13.0. The Hall–Kier alpha value is -2.64. The highest BCUT2D eigenvalue weighted by Crippen LogP contribution is 2.26. The summed E-state index contributed by atoms with van der Waals surface area (Å²) >= 11 is 7.20. The molecule has 0 aliphatic carbocycles. The Labute approximate surface area is 177 Å². The highest BCUT2D eigenvalue weighted by Gasteiger charge is 2.21. The van der Waals surface area contributed by atoms with Gasteiger partial charge in [0.1, 0.15) is 18.2 Å². The minimum Gasteiger partial charge on any atom is -0.486 e. The fourth-order valence-corrected chi connectivity index (χ4v) is 3.65. The van der Waals surface area contributed by atoms with Crippen LogP contribution in [0.3, 0.4) is 0 Å². The second-order valence-corrected chi connectivity index (χ2v) is 7.92. The maximum absolute atomic E-state index is 13.0. The number of allylic oxidation sites excluding steroid dienone is 1. The normalized spacial score (nSPS) is 11.8. The Kier molecular flexibility index (Phi) is 7.06.